The Hall–Kier alpha value is -0.940. The molecule has 88 valence electrons. The lowest BCUT2D eigenvalue weighted by Gasteiger charge is -2.12. The Morgan fingerprint density at radius 2 is 2.12 bits per heavy atom. The van der Waals surface area contributed by atoms with Gasteiger partial charge >= 0.3 is 0 Å². The van der Waals surface area contributed by atoms with Crippen LogP contribution in [0.15, 0.2) is 0 Å². The molecule has 4 nitrogen and oxygen atoms in total. The summed E-state index contributed by atoms with van der Waals surface area (Å²) in [6.07, 6.45) is 2.42. The van der Waals surface area contributed by atoms with Crippen LogP contribution >= 0.6 is 11.3 Å². The van der Waals surface area contributed by atoms with Crippen LogP contribution in [0.3, 0.4) is 0 Å². The molecule has 0 radical (unpaired) electrons. The van der Waals surface area contributed by atoms with E-state index in [-0.39, 0.29) is 5.91 Å². The Kier molecular flexibility index (Phi) is 3.56. The van der Waals surface area contributed by atoms with Crippen molar-refractivity contribution in [2.24, 2.45) is 0 Å². The molecule has 0 aromatic carbocycles. The first-order chi connectivity index (χ1) is 7.65. The molecule has 0 bridgehead atoms. The molecule has 1 N–H and O–H groups in total. The smallest absolute Gasteiger partial charge is 0.240 e. The van der Waals surface area contributed by atoms with Gasteiger partial charge in [0.25, 0.3) is 0 Å². The molecule has 0 atom stereocenters. The molecular weight excluding hydrogens is 222 g/mol. The lowest BCUT2D eigenvalue weighted by atomic mass is 10.4. The first kappa shape index (κ1) is 11.5. The van der Waals surface area contributed by atoms with Crippen molar-refractivity contribution in [1.29, 1.82) is 0 Å². The molecule has 1 aromatic rings. The molecule has 0 aliphatic carbocycles. The van der Waals surface area contributed by atoms with E-state index in [0.29, 0.717) is 6.54 Å². The third-order valence-electron chi connectivity index (χ3n) is 2.84. The standard InChI is InChI=1S/C11H17N3OS/c1-8-9(2)16-11(12-8)13-10(15)7-14-5-3-4-6-14/h3-7H2,1-2H3,(H,12,13,15). The molecule has 1 fully saturated rings. The maximum atomic E-state index is 11.7. The van der Waals surface area contributed by atoms with Gasteiger partial charge in [-0.25, -0.2) is 4.98 Å². The fraction of sp³-hybridized carbons (Fsp3) is 0.636. The third kappa shape index (κ3) is 2.80. The van der Waals surface area contributed by atoms with E-state index < -0.39 is 0 Å². The van der Waals surface area contributed by atoms with Gasteiger partial charge < -0.3 is 5.32 Å². The van der Waals surface area contributed by atoms with Crippen LogP contribution in [0.5, 0.6) is 0 Å². The van der Waals surface area contributed by atoms with Gasteiger partial charge in [-0.1, -0.05) is 0 Å². The van der Waals surface area contributed by atoms with Crippen molar-refractivity contribution in [1.82, 2.24) is 9.88 Å². The minimum atomic E-state index is 0.0515. The summed E-state index contributed by atoms with van der Waals surface area (Å²) >= 11 is 1.54. The number of nitrogens with zero attached hydrogens (tertiary/aromatic N) is 2. The van der Waals surface area contributed by atoms with Crippen molar-refractivity contribution < 1.29 is 4.79 Å². The third-order valence-corrected chi connectivity index (χ3v) is 3.83. The van der Waals surface area contributed by atoms with Crippen LogP contribution in [0.4, 0.5) is 5.13 Å². The van der Waals surface area contributed by atoms with Gasteiger partial charge in [-0.3, -0.25) is 9.69 Å². The van der Waals surface area contributed by atoms with Gasteiger partial charge in [0, 0.05) is 4.88 Å². The topological polar surface area (TPSA) is 45.2 Å². The van der Waals surface area contributed by atoms with Gasteiger partial charge in [-0.05, 0) is 39.8 Å². The Balaban J connectivity index is 1.86. The highest BCUT2D eigenvalue weighted by atomic mass is 32.1. The fourth-order valence-electron chi connectivity index (χ4n) is 1.83. The number of carbonyl (C=O) groups excluding carboxylic acids is 1. The molecule has 0 saturated carbocycles. The van der Waals surface area contributed by atoms with Crippen LogP contribution in [-0.2, 0) is 4.79 Å². The SMILES string of the molecule is Cc1nc(NC(=O)CN2CCCC2)sc1C. The van der Waals surface area contributed by atoms with Gasteiger partial charge in [0.05, 0.1) is 12.2 Å². The molecule has 1 aromatic heterocycles. The van der Waals surface area contributed by atoms with Gasteiger partial charge in [0.1, 0.15) is 0 Å². The van der Waals surface area contributed by atoms with Crippen molar-refractivity contribution in [3.8, 4) is 0 Å². The van der Waals surface area contributed by atoms with E-state index in [4.69, 9.17) is 0 Å². The van der Waals surface area contributed by atoms with Gasteiger partial charge in [-0.2, -0.15) is 0 Å². The molecule has 2 rings (SSSR count). The second-order valence-electron chi connectivity index (χ2n) is 4.19. The van der Waals surface area contributed by atoms with E-state index in [1.54, 1.807) is 0 Å². The first-order valence-electron chi connectivity index (χ1n) is 5.61. The Labute approximate surface area is 99.7 Å². The van der Waals surface area contributed by atoms with Crippen molar-refractivity contribution >= 4 is 22.4 Å². The predicted molar refractivity (Wildman–Crippen MR) is 65.9 cm³/mol. The van der Waals surface area contributed by atoms with Crippen LogP contribution in [0.25, 0.3) is 0 Å². The summed E-state index contributed by atoms with van der Waals surface area (Å²) in [4.78, 5) is 19.3. The fourth-order valence-corrected chi connectivity index (χ4v) is 2.66. The van der Waals surface area contributed by atoms with E-state index in [1.807, 2.05) is 13.8 Å². The van der Waals surface area contributed by atoms with Crippen LogP contribution in [0, 0.1) is 13.8 Å². The highest BCUT2D eigenvalue weighted by molar-refractivity contribution is 7.15. The second kappa shape index (κ2) is 4.93. The molecule has 16 heavy (non-hydrogen) atoms. The molecule has 2 heterocycles. The zero-order chi connectivity index (χ0) is 11.5. The van der Waals surface area contributed by atoms with Crippen LogP contribution in [-0.4, -0.2) is 35.4 Å². The van der Waals surface area contributed by atoms with E-state index in [0.717, 1.165) is 28.8 Å². The highest BCUT2D eigenvalue weighted by Crippen LogP contribution is 2.21. The van der Waals surface area contributed by atoms with E-state index in [1.165, 1.54) is 24.2 Å². The number of carbonyl (C=O) groups is 1. The number of likely N-dealkylation sites (tertiary alicyclic amines) is 1. The van der Waals surface area contributed by atoms with Crippen molar-refractivity contribution in [2.75, 3.05) is 25.0 Å². The Morgan fingerprint density at radius 1 is 1.44 bits per heavy atom. The molecule has 5 heteroatoms. The molecule has 1 aliphatic rings. The quantitative estimate of drug-likeness (QED) is 0.874. The maximum absolute atomic E-state index is 11.7. The van der Waals surface area contributed by atoms with Crippen molar-refractivity contribution in [2.45, 2.75) is 26.7 Å². The largest absolute Gasteiger partial charge is 0.301 e. The molecule has 0 unspecified atom stereocenters. The predicted octanol–water partition coefficient (Wildman–Crippen LogP) is 1.79. The summed E-state index contributed by atoms with van der Waals surface area (Å²) in [7, 11) is 0. The monoisotopic (exact) mass is 239 g/mol. The number of thiazole rings is 1. The summed E-state index contributed by atoms with van der Waals surface area (Å²) < 4.78 is 0. The molecular formula is C11H17N3OS. The molecule has 1 aliphatic heterocycles. The average Bonchev–Trinajstić information content (AvgIpc) is 2.78. The van der Waals surface area contributed by atoms with Gasteiger partial charge in [-0.15, -0.1) is 11.3 Å². The normalized spacial score (nSPS) is 16.6. The summed E-state index contributed by atoms with van der Waals surface area (Å²) in [5.41, 5.74) is 1.00. The van der Waals surface area contributed by atoms with Crippen LogP contribution < -0.4 is 5.32 Å². The van der Waals surface area contributed by atoms with Gasteiger partial charge in [0.15, 0.2) is 5.13 Å². The minimum Gasteiger partial charge on any atom is -0.301 e. The summed E-state index contributed by atoms with van der Waals surface area (Å²) in [6, 6.07) is 0. The maximum Gasteiger partial charge on any atom is 0.240 e. The van der Waals surface area contributed by atoms with Crippen molar-refractivity contribution in [3.05, 3.63) is 10.6 Å². The summed E-state index contributed by atoms with van der Waals surface area (Å²) in [5.74, 6) is 0.0515. The molecule has 1 saturated heterocycles. The highest BCUT2D eigenvalue weighted by Gasteiger charge is 2.16. The first-order valence-corrected chi connectivity index (χ1v) is 6.43. The lowest BCUT2D eigenvalue weighted by molar-refractivity contribution is -0.117. The van der Waals surface area contributed by atoms with Crippen LogP contribution in [0.1, 0.15) is 23.4 Å². The van der Waals surface area contributed by atoms with E-state index in [2.05, 4.69) is 15.2 Å². The number of rotatable bonds is 3. The number of nitrogens with one attached hydrogen (secondary N) is 1. The Bertz CT molecular complexity index is 363. The average molecular weight is 239 g/mol. The molecule has 1 amide bonds. The number of aryl methyl sites for hydroxylation is 2. The van der Waals surface area contributed by atoms with E-state index >= 15 is 0 Å². The zero-order valence-electron chi connectivity index (χ0n) is 9.75. The lowest BCUT2D eigenvalue weighted by Crippen LogP contribution is -2.30. The number of hydrogen-bond acceptors (Lipinski definition) is 4. The van der Waals surface area contributed by atoms with Crippen LogP contribution in [0.2, 0.25) is 0 Å². The zero-order valence-corrected chi connectivity index (χ0v) is 10.6. The van der Waals surface area contributed by atoms with E-state index in [9.17, 15) is 4.79 Å². The second-order valence-corrected chi connectivity index (χ2v) is 5.40. The van der Waals surface area contributed by atoms with Gasteiger partial charge in [0.2, 0.25) is 5.91 Å². The summed E-state index contributed by atoms with van der Waals surface area (Å²) in [5, 5.41) is 3.58. The number of amides is 1. The number of aromatic nitrogens is 1. The Morgan fingerprint density at radius 3 is 2.69 bits per heavy atom. The van der Waals surface area contributed by atoms with Crippen molar-refractivity contribution in [3.63, 3.8) is 0 Å². The minimum absolute atomic E-state index is 0.0515. The summed E-state index contributed by atoms with van der Waals surface area (Å²) in [6.45, 7) is 6.56. The number of hydrogen-bond donors (Lipinski definition) is 1. The molecule has 0 spiro atoms. The number of anilines is 1.